The first-order valence-corrected chi connectivity index (χ1v) is 7.50. The molecule has 23 heavy (non-hydrogen) atoms. The molecule has 0 unspecified atom stereocenters. The summed E-state index contributed by atoms with van der Waals surface area (Å²) in [6.07, 6.45) is 0. The first kappa shape index (κ1) is 15.3. The van der Waals surface area contributed by atoms with Crippen LogP contribution in [0.3, 0.4) is 0 Å². The maximum absolute atomic E-state index is 11.6. The summed E-state index contributed by atoms with van der Waals surface area (Å²) in [5, 5.41) is 9.96. The standard InChI is InChI=1S/C18H15ClN2O2/c1-10-7-16(22)15(19)9-14(10)12-3-5-13(6-4-12)18-20-11(2)8-17(23)21-18/h3-9,22H,1-2H3,(H,20,21,23). The molecule has 0 atom stereocenters. The Balaban J connectivity index is 2.03. The number of aromatic amines is 1. The molecular formula is C18H15ClN2O2. The lowest BCUT2D eigenvalue weighted by Gasteiger charge is -2.09. The molecule has 1 aromatic heterocycles. The van der Waals surface area contributed by atoms with Crippen molar-refractivity contribution in [1.82, 2.24) is 9.97 Å². The number of aryl methyl sites for hydroxylation is 2. The van der Waals surface area contributed by atoms with Crippen LogP contribution in [0.25, 0.3) is 22.5 Å². The predicted molar refractivity (Wildman–Crippen MR) is 91.9 cm³/mol. The first-order chi connectivity index (χ1) is 10.9. The second kappa shape index (κ2) is 5.89. The second-order valence-electron chi connectivity index (χ2n) is 5.43. The zero-order valence-electron chi connectivity index (χ0n) is 12.7. The molecule has 0 saturated carbocycles. The van der Waals surface area contributed by atoms with Gasteiger partial charge in [-0.25, -0.2) is 4.98 Å². The van der Waals surface area contributed by atoms with E-state index in [0.29, 0.717) is 16.5 Å². The fourth-order valence-corrected chi connectivity index (χ4v) is 2.66. The van der Waals surface area contributed by atoms with E-state index in [9.17, 15) is 9.90 Å². The van der Waals surface area contributed by atoms with E-state index in [1.165, 1.54) is 6.07 Å². The smallest absolute Gasteiger partial charge is 0.251 e. The highest BCUT2D eigenvalue weighted by molar-refractivity contribution is 6.32. The van der Waals surface area contributed by atoms with Gasteiger partial charge in [0.25, 0.3) is 5.56 Å². The Labute approximate surface area is 138 Å². The molecule has 0 aliphatic rings. The number of rotatable bonds is 2. The molecule has 3 aromatic rings. The quantitative estimate of drug-likeness (QED) is 0.745. The van der Waals surface area contributed by atoms with Gasteiger partial charge in [-0.2, -0.15) is 0 Å². The van der Waals surface area contributed by atoms with E-state index >= 15 is 0 Å². The summed E-state index contributed by atoms with van der Waals surface area (Å²) in [5.41, 5.74) is 4.19. The summed E-state index contributed by atoms with van der Waals surface area (Å²) in [4.78, 5) is 18.6. The molecular weight excluding hydrogens is 312 g/mol. The lowest BCUT2D eigenvalue weighted by Crippen LogP contribution is -2.08. The molecule has 0 amide bonds. The van der Waals surface area contributed by atoms with Crippen molar-refractivity contribution in [2.45, 2.75) is 13.8 Å². The molecule has 2 N–H and O–H groups in total. The average molecular weight is 327 g/mol. The number of aromatic nitrogens is 2. The van der Waals surface area contributed by atoms with E-state index in [4.69, 9.17) is 11.6 Å². The third-order valence-electron chi connectivity index (χ3n) is 3.63. The third kappa shape index (κ3) is 3.12. The van der Waals surface area contributed by atoms with E-state index in [1.807, 2.05) is 31.2 Å². The molecule has 2 aromatic carbocycles. The number of nitrogens with zero attached hydrogens (tertiary/aromatic N) is 1. The van der Waals surface area contributed by atoms with Gasteiger partial charge in [0, 0.05) is 17.3 Å². The van der Waals surface area contributed by atoms with Crippen LogP contribution in [0.15, 0.2) is 47.3 Å². The summed E-state index contributed by atoms with van der Waals surface area (Å²) in [5.74, 6) is 0.619. The number of hydrogen-bond acceptors (Lipinski definition) is 3. The highest BCUT2D eigenvalue weighted by Crippen LogP contribution is 2.33. The minimum Gasteiger partial charge on any atom is -0.506 e. The Kier molecular flexibility index (Phi) is 3.92. The molecule has 116 valence electrons. The molecule has 5 heteroatoms. The van der Waals surface area contributed by atoms with E-state index in [-0.39, 0.29) is 11.3 Å². The topological polar surface area (TPSA) is 66.0 Å². The normalized spacial score (nSPS) is 10.7. The zero-order valence-corrected chi connectivity index (χ0v) is 13.5. The molecule has 3 rings (SSSR count). The van der Waals surface area contributed by atoms with Gasteiger partial charge < -0.3 is 10.1 Å². The third-order valence-corrected chi connectivity index (χ3v) is 3.94. The fourth-order valence-electron chi connectivity index (χ4n) is 2.50. The lowest BCUT2D eigenvalue weighted by atomic mass is 9.99. The highest BCUT2D eigenvalue weighted by Gasteiger charge is 2.08. The van der Waals surface area contributed by atoms with Crippen molar-refractivity contribution in [3.05, 3.63) is 69.1 Å². The van der Waals surface area contributed by atoms with Crippen molar-refractivity contribution in [2.75, 3.05) is 0 Å². The van der Waals surface area contributed by atoms with Crippen molar-refractivity contribution < 1.29 is 5.11 Å². The summed E-state index contributed by atoms with van der Waals surface area (Å²) < 4.78 is 0. The second-order valence-corrected chi connectivity index (χ2v) is 5.84. The predicted octanol–water partition coefficient (Wildman–Crippen LogP) is 4.08. The van der Waals surface area contributed by atoms with Gasteiger partial charge in [-0.05, 0) is 42.7 Å². The molecule has 0 aliphatic heterocycles. The van der Waals surface area contributed by atoms with Crippen LogP contribution in [-0.4, -0.2) is 15.1 Å². The van der Waals surface area contributed by atoms with E-state index in [0.717, 1.165) is 22.3 Å². The molecule has 1 heterocycles. The number of nitrogens with one attached hydrogen (secondary N) is 1. The lowest BCUT2D eigenvalue weighted by molar-refractivity contribution is 0.475. The number of phenolic OH excluding ortho intramolecular Hbond substituents is 1. The van der Waals surface area contributed by atoms with Gasteiger partial charge in [0.05, 0.1) is 5.02 Å². The van der Waals surface area contributed by atoms with Gasteiger partial charge in [0.2, 0.25) is 0 Å². The van der Waals surface area contributed by atoms with Crippen molar-refractivity contribution >= 4 is 11.6 Å². The Bertz CT molecular complexity index is 931. The average Bonchev–Trinajstić information content (AvgIpc) is 2.50. The molecule has 0 radical (unpaired) electrons. The Hall–Kier alpha value is -2.59. The summed E-state index contributed by atoms with van der Waals surface area (Å²) in [6.45, 7) is 3.70. The van der Waals surface area contributed by atoms with Crippen LogP contribution in [0.4, 0.5) is 0 Å². The summed E-state index contributed by atoms with van der Waals surface area (Å²) in [6, 6.07) is 12.5. The van der Waals surface area contributed by atoms with Gasteiger partial charge in [0.15, 0.2) is 0 Å². The van der Waals surface area contributed by atoms with E-state index in [1.54, 1.807) is 19.1 Å². The van der Waals surface area contributed by atoms with Gasteiger partial charge in [-0.15, -0.1) is 0 Å². The van der Waals surface area contributed by atoms with E-state index < -0.39 is 0 Å². The van der Waals surface area contributed by atoms with Crippen molar-refractivity contribution in [3.8, 4) is 28.3 Å². The number of phenols is 1. The highest BCUT2D eigenvalue weighted by atomic mass is 35.5. The Morgan fingerprint density at radius 2 is 1.70 bits per heavy atom. The fraction of sp³-hybridized carbons (Fsp3) is 0.111. The van der Waals surface area contributed by atoms with Crippen LogP contribution >= 0.6 is 11.6 Å². The molecule has 4 nitrogen and oxygen atoms in total. The van der Waals surface area contributed by atoms with Crippen LogP contribution in [0, 0.1) is 13.8 Å². The maximum atomic E-state index is 11.6. The summed E-state index contributed by atoms with van der Waals surface area (Å²) >= 11 is 6.00. The van der Waals surface area contributed by atoms with Gasteiger partial charge in [-0.1, -0.05) is 35.9 Å². The number of aromatic hydroxyl groups is 1. The minimum atomic E-state index is -0.169. The SMILES string of the molecule is Cc1cc(=O)[nH]c(-c2ccc(-c3cc(Cl)c(O)cc3C)cc2)n1. The molecule has 0 fully saturated rings. The van der Waals surface area contributed by atoms with Gasteiger partial charge in [-0.3, -0.25) is 4.79 Å². The zero-order chi connectivity index (χ0) is 16.6. The molecule has 0 aliphatic carbocycles. The first-order valence-electron chi connectivity index (χ1n) is 7.12. The van der Waals surface area contributed by atoms with Crippen molar-refractivity contribution in [1.29, 1.82) is 0 Å². The van der Waals surface area contributed by atoms with Crippen LogP contribution in [0.2, 0.25) is 5.02 Å². The molecule has 0 bridgehead atoms. The molecule has 0 spiro atoms. The number of H-pyrrole nitrogens is 1. The monoisotopic (exact) mass is 326 g/mol. The van der Waals surface area contributed by atoms with Crippen molar-refractivity contribution in [2.24, 2.45) is 0 Å². The number of benzene rings is 2. The Morgan fingerprint density at radius 3 is 2.35 bits per heavy atom. The Morgan fingerprint density at radius 1 is 1.04 bits per heavy atom. The van der Waals surface area contributed by atoms with Gasteiger partial charge >= 0.3 is 0 Å². The number of hydrogen-bond donors (Lipinski definition) is 2. The maximum Gasteiger partial charge on any atom is 0.251 e. The van der Waals surface area contributed by atoms with E-state index in [2.05, 4.69) is 9.97 Å². The van der Waals surface area contributed by atoms with Gasteiger partial charge in [0.1, 0.15) is 11.6 Å². The number of halogens is 1. The van der Waals surface area contributed by atoms with Crippen LogP contribution in [-0.2, 0) is 0 Å². The largest absolute Gasteiger partial charge is 0.506 e. The van der Waals surface area contributed by atoms with Crippen molar-refractivity contribution in [3.63, 3.8) is 0 Å². The van der Waals surface area contributed by atoms with Crippen LogP contribution < -0.4 is 5.56 Å². The van der Waals surface area contributed by atoms with Crippen LogP contribution in [0.1, 0.15) is 11.3 Å². The molecule has 0 saturated heterocycles. The summed E-state index contributed by atoms with van der Waals surface area (Å²) in [7, 11) is 0. The van der Waals surface area contributed by atoms with Crippen LogP contribution in [0.5, 0.6) is 5.75 Å². The minimum absolute atomic E-state index is 0.0751.